The summed E-state index contributed by atoms with van der Waals surface area (Å²) in [4.78, 5) is 24.1. The quantitative estimate of drug-likeness (QED) is 0.793. The van der Waals surface area contributed by atoms with Crippen LogP contribution >= 0.6 is 0 Å². The van der Waals surface area contributed by atoms with Crippen LogP contribution in [0.3, 0.4) is 0 Å². The summed E-state index contributed by atoms with van der Waals surface area (Å²) in [6.07, 6.45) is 0. The summed E-state index contributed by atoms with van der Waals surface area (Å²) in [6, 6.07) is 8.98. The molecule has 1 rings (SSSR count). The Hall–Kier alpha value is -1.88. The highest BCUT2D eigenvalue weighted by atomic mass is 16.4. The maximum absolute atomic E-state index is 12.0. The molecule has 18 heavy (non-hydrogen) atoms. The number of carboxylic acid groups (broad SMARTS) is 1. The van der Waals surface area contributed by atoms with Gasteiger partial charge in [-0.1, -0.05) is 32.0 Å². The smallest absolute Gasteiger partial charge is 0.323 e. The number of anilines is 1. The molecule has 0 spiro atoms. The summed E-state index contributed by atoms with van der Waals surface area (Å²) in [7, 11) is 0. The summed E-state index contributed by atoms with van der Waals surface area (Å²) >= 11 is 0. The number of para-hydroxylation sites is 1. The van der Waals surface area contributed by atoms with Gasteiger partial charge in [0.2, 0.25) is 5.91 Å². The maximum atomic E-state index is 12.0. The van der Waals surface area contributed by atoms with Gasteiger partial charge in [0, 0.05) is 11.7 Å². The zero-order valence-corrected chi connectivity index (χ0v) is 10.6. The first-order chi connectivity index (χ1) is 8.50. The lowest BCUT2D eigenvalue weighted by atomic mass is 10.2. The highest BCUT2D eigenvalue weighted by molar-refractivity contribution is 5.98. The standard InChI is InChI=1S/C13H18N2O3/c1-10(2)14-8-12(16)15(9-13(17)18)11-6-4-3-5-7-11/h3-7,10,14H,8-9H2,1-2H3,(H,17,18). The van der Waals surface area contributed by atoms with Gasteiger partial charge in [0.1, 0.15) is 6.54 Å². The Morgan fingerprint density at radius 2 is 1.89 bits per heavy atom. The summed E-state index contributed by atoms with van der Waals surface area (Å²) < 4.78 is 0. The number of aliphatic carboxylic acids is 1. The number of nitrogens with zero attached hydrogens (tertiary/aromatic N) is 1. The molecule has 0 saturated heterocycles. The van der Waals surface area contributed by atoms with Crippen molar-refractivity contribution in [1.29, 1.82) is 0 Å². The highest BCUT2D eigenvalue weighted by Crippen LogP contribution is 2.12. The fraction of sp³-hybridized carbons (Fsp3) is 0.385. The van der Waals surface area contributed by atoms with Gasteiger partial charge in [-0.05, 0) is 12.1 Å². The van der Waals surface area contributed by atoms with Crippen molar-refractivity contribution in [2.24, 2.45) is 0 Å². The van der Waals surface area contributed by atoms with Crippen molar-refractivity contribution in [2.45, 2.75) is 19.9 Å². The average Bonchev–Trinajstić information content (AvgIpc) is 2.34. The van der Waals surface area contributed by atoms with Gasteiger partial charge >= 0.3 is 5.97 Å². The molecule has 1 aromatic carbocycles. The number of rotatable bonds is 6. The molecule has 1 aromatic rings. The van der Waals surface area contributed by atoms with Crippen molar-refractivity contribution in [3.63, 3.8) is 0 Å². The van der Waals surface area contributed by atoms with Gasteiger partial charge in [-0.25, -0.2) is 0 Å². The van der Waals surface area contributed by atoms with Crippen LogP contribution in [-0.2, 0) is 9.59 Å². The van der Waals surface area contributed by atoms with Gasteiger partial charge in [0.25, 0.3) is 0 Å². The molecule has 0 bridgehead atoms. The molecule has 2 N–H and O–H groups in total. The second-order valence-electron chi connectivity index (χ2n) is 4.24. The number of benzene rings is 1. The largest absolute Gasteiger partial charge is 0.480 e. The lowest BCUT2D eigenvalue weighted by Gasteiger charge is -2.21. The number of hydrogen-bond acceptors (Lipinski definition) is 3. The third-order valence-electron chi connectivity index (χ3n) is 2.32. The Morgan fingerprint density at radius 3 is 2.39 bits per heavy atom. The molecular formula is C13H18N2O3. The molecule has 0 aliphatic rings. The molecule has 0 aliphatic heterocycles. The Labute approximate surface area is 106 Å². The van der Waals surface area contributed by atoms with Gasteiger partial charge in [-0.2, -0.15) is 0 Å². The van der Waals surface area contributed by atoms with E-state index in [-0.39, 0.29) is 25.0 Å². The van der Waals surface area contributed by atoms with E-state index in [4.69, 9.17) is 5.11 Å². The van der Waals surface area contributed by atoms with Crippen molar-refractivity contribution < 1.29 is 14.7 Å². The van der Waals surface area contributed by atoms with Crippen LogP contribution in [-0.4, -0.2) is 36.1 Å². The number of nitrogens with one attached hydrogen (secondary N) is 1. The van der Waals surface area contributed by atoms with Crippen LogP contribution in [0.15, 0.2) is 30.3 Å². The fourth-order valence-corrected chi connectivity index (χ4v) is 1.45. The molecule has 5 heteroatoms. The zero-order chi connectivity index (χ0) is 13.5. The molecule has 0 saturated carbocycles. The topological polar surface area (TPSA) is 69.6 Å². The third-order valence-corrected chi connectivity index (χ3v) is 2.32. The van der Waals surface area contributed by atoms with Crippen molar-refractivity contribution in [1.82, 2.24) is 5.32 Å². The van der Waals surface area contributed by atoms with Crippen LogP contribution in [0.4, 0.5) is 5.69 Å². The molecule has 0 aliphatic carbocycles. The molecular weight excluding hydrogens is 232 g/mol. The molecule has 1 amide bonds. The minimum absolute atomic E-state index is 0.125. The fourth-order valence-electron chi connectivity index (χ4n) is 1.45. The van der Waals surface area contributed by atoms with E-state index >= 15 is 0 Å². The second kappa shape index (κ2) is 6.76. The van der Waals surface area contributed by atoms with E-state index in [1.807, 2.05) is 19.9 Å². The first-order valence-corrected chi connectivity index (χ1v) is 5.81. The van der Waals surface area contributed by atoms with E-state index in [2.05, 4.69) is 5.32 Å². The SMILES string of the molecule is CC(C)NCC(=O)N(CC(=O)O)c1ccccc1. The third kappa shape index (κ3) is 4.55. The molecule has 98 valence electrons. The number of hydrogen-bond donors (Lipinski definition) is 2. The van der Waals surface area contributed by atoms with E-state index in [1.54, 1.807) is 24.3 Å². The van der Waals surface area contributed by atoms with Crippen molar-refractivity contribution in [2.75, 3.05) is 18.0 Å². The average molecular weight is 250 g/mol. The van der Waals surface area contributed by atoms with E-state index < -0.39 is 5.97 Å². The predicted octanol–water partition coefficient (Wildman–Crippen LogP) is 1.10. The summed E-state index contributed by atoms with van der Waals surface area (Å²) in [5.74, 6) is -1.28. The van der Waals surface area contributed by atoms with E-state index in [1.165, 1.54) is 4.90 Å². The Bertz CT molecular complexity index is 404. The van der Waals surface area contributed by atoms with Crippen molar-refractivity contribution >= 4 is 17.6 Å². The monoisotopic (exact) mass is 250 g/mol. The van der Waals surface area contributed by atoms with Gasteiger partial charge in [-0.3, -0.25) is 9.59 Å². The summed E-state index contributed by atoms with van der Waals surface area (Å²) in [6.45, 7) is 3.65. The Kier molecular flexibility index (Phi) is 5.32. The van der Waals surface area contributed by atoms with Crippen molar-refractivity contribution in [3.8, 4) is 0 Å². The van der Waals surface area contributed by atoms with Crippen LogP contribution in [0.2, 0.25) is 0 Å². The minimum Gasteiger partial charge on any atom is -0.480 e. The molecule has 0 aromatic heterocycles. The number of carboxylic acids is 1. The summed E-state index contributed by atoms with van der Waals surface area (Å²) in [5, 5.41) is 11.8. The molecule has 0 atom stereocenters. The first-order valence-electron chi connectivity index (χ1n) is 5.81. The molecule has 0 fully saturated rings. The molecule has 0 unspecified atom stereocenters. The second-order valence-corrected chi connectivity index (χ2v) is 4.24. The lowest BCUT2D eigenvalue weighted by molar-refractivity contribution is -0.136. The van der Waals surface area contributed by atoms with E-state index in [9.17, 15) is 9.59 Å². The van der Waals surface area contributed by atoms with E-state index in [0.29, 0.717) is 5.69 Å². The number of carbonyl (C=O) groups excluding carboxylic acids is 1. The van der Waals surface area contributed by atoms with Crippen LogP contribution < -0.4 is 10.2 Å². The number of amides is 1. The molecule has 0 radical (unpaired) electrons. The first kappa shape index (κ1) is 14.2. The van der Waals surface area contributed by atoms with Crippen LogP contribution in [0.5, 0.6) is 0 Å². The Balaban J connectivity index is 2.78. The predicted molar refractivity (Wildman–Crippen MR) is 69.6 cm³/mol. The van der Waals surface area contributed by atoms with Gasteiger partial charge in [0.15, 0.2) is 0 Å². The van der Waals surface area contributed by atoms with Crippen LogP contribution in [0.25, 0.3) is 0 Å². The van der Waals surface area contributed by atoms with Crippen molar-refractivity contribution in [3.05, 3.63) is 30.3 Å². The van der Waals surface area contributed by atoms with Crippen LogP contribution in [0.1, 0.15) is 13.8 Å². The minimum atomic E-state index is -1.03. The summed E-state index contributed by atoms with van der Waals surface area (Å²) in [5.41, 5.74) is 0.593. The molecule has 5 nitrogen and oxygen atoms in total. The normalized spacial score (nSPS) is 10.4. The highest BCUT2D eigenvalue weighted by Gasteiger charge is 2.18. The molecule has 0 heterocycles. The van der Waals surface area contributed by atoms with Crippen LogP contribution in [0, 0.1) is 0 Å². The van der Waals surface area contributed by atoms with E-state index in [0.717, 1.165) is 0 Å². The lowest BCUT2D eigenvalue weighted by Crippen LogP contribution is -2.42. The van der Waals surface area contributed by atoms with Gasteiger partial charge in [0.05, 0.1) is 6.54 Å². The zero-order valence-electron chi connectivity index (χ0n) is 10.6. The van der Waals surface area contributed by atoms with Gasteiger partial charge < -0.3 is 15.3 Å². The maximum Gasteiger partial charge on any atom is 0.323 e. The van der Waals surface area contributed by atoms with Gasteiger partial charge in [-0.15, -0.1) is 0 Å². The Morgan fingerprint density at radius 1 is 1.28 bits per heavy atom. The number of carbonyl (C=O) groups is 2.